The van der Waals surface area contributed by atoms with Gasteiger partial charge in [-0.15, -0.1) is 11.6 Å². The number of hydrogen-bond donors (Lipinski definition) is 1. The molecule has 0 rings (SSSR count). The van der Waals surface area contributed by atoms with Crippen molar-refractivity contribution < 1.29 is 5.11 Å². The summed E-state index contributed by atoms with van der Waals surface area (Å²) in [6.07, 6.45) is 0. The van der Waals surface area contributed by atoms with Crippen LogP contribution < -0.4 is 0 Å². The fourth-order valence-electron chi connectivity index (χ4n) is 0. The summed E-state index contributed by atoms with van der Waals surface area (Å²) in [7, 11) is 0. The summed E-state index contributed by atoms with van der Waals surface area (Å²) >= 11 is 8.38. The molecule has 0 aliphatic carbocycles. The van der Waals surface area contributed by atoms with Crippen molar-refractivity contribution in [2.75, 3.05) is 6.61 Å². The Morgan fingerprint density at radius 2 is 2.17 bits per heavy atom. The van der Waals surface area contributed by atoms with Crippen molar-refractivity contribution in [3.05, 3.63) is 0 Å². The molecule has 0 saturated heterocycles. The van der Waals surface area contributed by atoms with Crippen LogP contribution in [-0.2, 0) is 0 Å². The van der Waals surface area contributed by atoms with Gasteiger partial charge in [0.2, 0.25) is 0 Å². The Bertz CT molecular complexity index is 40.5. The minimum absolute atomic E-state index is 0.0471. The zero-order valence-electron chi connectivity index (χ0n) is 3.41. The van der Waals surface area contributed by atoms with Crippen LogP contribution in [0, 0.1) is 0 Å². The Labute approximate surface area is 50.4 Å². The van der Waals surface area contributed by atoms with Crippen LogP contribution in [0.15, 0.2) is 0 Å². The van der Waals surface area contributed by atoms with Crippen LogP contribution in [0.5, 0.6) is 0 Å². The van der Waals surface area contributed by atoms with E-state index in [1.165, 1.54) is 0 Å². The van der Waals surface area contributed by atoms with Crippen LogP contribution in [0.2, 0.25) is 0 Å². The van der Waals surface area contributed by atoms with Crippen LogP contribution in [0.3, 0.4) is 0 Å². The summed E-state index contributed by atoms with van der Waals surface area (Å²) in [5.74, 6) is 0. The van der Waals surface area contributed by atoms with E-state index in [9.17, 15) is 0 Å². The molecule has 0 amide bonds. The van der Waals surface area contributed by atoms with Crippen molar-refractivity contribution >= 4 is 27.5 Å². The second-order valence-corrected chi connectivity index (χ2v) is 4.27. The van der Waals surface area contributed by atoms with Gasteiger partial charge in [-0.05, 0) is 6.92 Å². The van der Waals surface area contributed by atoms with Crippen molar-refractivity contribution in [1.82, 2.24) is 0 Å². The fourth-order valence-corrected chi connectivity index (χ4v) is 0. The largest absolute Gasteiger partial charge is 0.394 e. The highest BCUT2D eigenvalue weighted by Crippen LogP contribution is 2.19. The number of halogens is 2. The van der Waals surface area contributed by atoms with Gasteiger partial charge in [0.1, 0.15) is 3.78 Å². The van der Waals surface area contributed by atoms with Gasteiger partial charge in [-0.25, -0.2) is 0 Å². The average Bonchev–Trinajstić information content (AvgIpc) is 1.35. The highest BCUT2D eigenvalue weighted by atomic mass is 79.9. The Hall–Kier alpha value is 0.730. The molecule has 0 heterocycles. The fraction of sp³-hybridized carbons (Fsp3) is 1.00. The Morgan fingerprint density at radius 3 is 2.17 bits per heavy atom. The van der Waals surface area contributed by atoms with Crippen molar-refractivity contribution in [1.29, 1.82) is 0 Å². The second-order valence-electron chi connectivity index (χ2n) is 1.23. The third-order valence-corrected chi connectivity index (χ3v) is 0.648. The predicted molar refractivity (Wildman–Crippen MR) is 30.3 cm³/mol. The molecule has 1 atom stereocenters. The molecule has 1 N–H and O–H groups in total. The standard InChI is InChI=1S/C3H6BrClO/c1-3(4,5)2-6/h6H,2H2,1H3/t3-/m1/s1. The molecular weight excluding hydrogens is 167 g/mol. The summed E-state index contributed by atoms with van der Waals surface area (Å²) in [4.78, 5) is 0. The topological polar surface area (TPSA) is 20.2 Å². The van der Waals surface area contributed by atoms with Crippen LogP contribution >= 0.6 is 27.5 Å². The summed E-state index contributed by atoms with van der Waals surface area (Å²) in [6, 6.07) is 0. The molecule has 0 aromatic heterocycles. The molecule has 0 aromatic rings. The Kier molecular flexibility index (Phi) is 2.41. The summed E-state index contributed by atoms with van der Waals surface area (Å²) in [6.45, 7) is 1.63. The maximum atomic E-state index is 8.22. The highest BCUT2D eigenvalue weighted by molar-refractivity contribution is 9.10. The van der Waals surface area contributed by atoms with Gasteiger partial charge in [-0.2, -0.15) is 0 Å². The van der Waals surface area contributed by atoms with Gasteiger partial charge >= 0.3 is 0 Å². The first kappa shape index (κ1) is 6.73. The van der Waals surface area contributed by atoms with Gasteiger partial charge in [-0.3, -0.25) is 0 Å². The molecule has 0 saturated carbocycles. The van der Waals surface area contributed by atoms with Gasteiger partial charge in [0.25, 0.3) is 0 Å². The first-order valence-corrected chi connectivity index (χ1v) is 2.72. The monoisotopic (exact) mass is 172 g/mol. The third kappa shape index (κ3) is 4.73. The first-order chi connectivity index (χ1) is 2.56. The summed E-state index contributed by atoms with van der Waals surface area (Å²) < 4.78 is -0.618. The van der Waals surface area contributed by atoms with E-state index >= 15 is 0 Å². The normalized spacial score (nSPS) is 20.0. The van der Waals surface area contributed by atoms with Crippen LogP contribution in [-0.4, -0.2) is 15.5 Å². The van der Waals surface area contributed by atoms with E-state index in [4.69, 9.17) is 16.7 Å². The van der Waals surface area contributed by atoms with Crippen molar-refractivity contribution in [2.24, 2.45) is 0 Å². The van der Waals surface area contributed by atoms with Gasteiger partial charge < -0.3 is 5.11 Å². The van der Waals surface area contributed by atoms with Crippen LogP contribution in [0.1, 0.15) is 6.92 Å². The lowest BCUT2D eigenvalue weighted by Crippen LogP contribution is -2.10. The SMILES string of the molecule is C[C@](Cl)(Br)CO. The van der Waals surface area contributed by atoms with E-state index in [1.807, 2.05) is 0 Å². The zero-order valence-corrected chi connectivity index (χ0v) is 5.75. The zero-order chi connectivity index (χ0) is 5.21. The minimum atomic E-state index is -0.618. The summed E-state index contributed by atoms with van der Waals surface area (Å²) in [5, 5.41) is 8.22. The molecule has 0 fully saturated rings. The molecule has 0 bridgehead atoms. The Morgan fingerprint density at radius 1 is 2.00 bits per heavy atom. The van der Waals surface area contributed by atoms with E-state index in [0.29, 0.717) is 0 Å². The molecule has 0 spiro atoms. The molecule has 6 heavy (non-hydrogen) atoms. The predicted octanol–water partition coefficient (Wildman–Crippen LogP) is 1.33. The van der Waals surface area contributed by atoms with E-state index < -0.39 is 3.78 Å². The molecule has 0 aliphatic rings. The van der Waals surface area contributed by atoms with E-state index in [1.54, 1.807) is 6.92 Å². The highest BCUT2D eigenvalue weighted by Gasteiger charge is 2.11. The lowest BCUT2D eigenvalue weighted by Gasteiger charge is -2.05. The maximum absolute atomic E-state index is 8.22. The first-order valence-electron chi connectivity index (χ1n) is 1.55. The third-order valence-electron chi connectivity index (χ3n) is 0.278. The smallest absolute Gasteiger partial charge is 0.119 e. The maximum Gasteiger partial charge on any atom is 0.119 e. The number of aliphatic hydroxyl groups is 1. The number of rotatable bonds is 1. The molecule has 0 radical (unpaired) electrons. The molecular formula is C3H6BrClO. The lowest BCUT2D eigenvalue weighted by atomic mass is 10.5. The molecule has 0 aliphatic heterocycles. The van der Waals surface area contributed by atoms with E-state index in [-0.39, 0.29) is 6.61 Å². The van der Waals surface area contributed by atoms with Crippen LogP contribution in [0.4, 0.5) is 0 Å². The minimum Gasteiger partial charge on any atom is -0.394 e. The number of hydrogen-bond acceptors (Lipinski definition) is 1. The van der Waals surface area contributed by atoms with E-state index in [0.717, 1.165) is 0 Å². The number of alkyl halides is 2. The molecule has 3 heteroatoms. The molecule has 1 nitrogen and oxygen atoms in total. The Balaban J connectivity index is 3.17. The van der Waals surface area contributed by atoms with Crippen LogP contribution in [0.25, 0.3) is 0 Å². The second kappa shape index (κ2) is 2.15. The van der Waals surface area contributed by atoms with Gasteiger partial charge in [0, 0.05) is 0 Å². The molecule has 0 unspecified atom stereocenters. The van der Waals surface area contributed by atoms with Gasteiger partial charge in [-0.1, -0.05) is 15.9 Å². The average molecular weight is 173 g/mol. The van der Waals surface area contributed by atoms with Crippen molar-refractivity contribution in [3.8, 4) is 0 Å². The summed E-state index contributed by atoms with van der Waals surface area (Å²) in [5.41, 5.74) is 0. The lowest BCUT2D eigenvalue weighted by molar-refractivity contribution is 0.290. The van der Waals surface area contributed by atoms with Gasteiger partial charge in [0.05, 0.1) is 6.61 Å². The van der Waals surface area contributed by atoms with E-state index in [2.05, 4.69) is 15.9 Å². The quantitative estimate of drug-likeness (QED) is 0.593. The molecule has 0 aromatic carbocycles. The number of aliphatic hydroxyl groups excluding tert-OH is 1. The van der Waals surface area contributed by atoms with Crippen molar-refractivity contribution in [3.63, 3.8) is 0 Å². The van der Waals surface area contributed by atoms with Gasteiger partial charge in [0.15, 0.2) is 0 Å². The van der Waals surface area contributed by atoms with Crippen molar-refractivity contribution in [2.45, 2.75) is 10.7 Å². The molecule has 38 valence electrons.